The molecule has 2 aromatic heterocycles. The molecule has 0 atom stereocenters. The summed E-state index contributed by atoms with van der Waals surface area (Å²) in [5.74, 6) is 1.91. The molecule has 0 amide bonds. The van der Waals surface area contributed by atoms with E-state index < -0.39 is 0 Å². The van der Waals surface area contributed by atoms with Crippen LogP contribution in [0.2, 0.25) is 0 Å². The number of anilines is 1. The lowest BCUT2D eigenvalue weighted by atomic mass is 10.1. The van der Waals surface area contributed by atoms with E-state index in [0.29, 0.717) is 17.7 Å². The topological polar surface area (TPSA) is 67.9 Å². The van der Waals surface area contributed by atoms with Gasteiger partial charge in [0.2, 0.25) is 11.8 Å². The van der Waals surface area contributed by atoms with E-state index in [4.69, 9.17) is 9.40 Å². The monoisotopic (exact) mass is 401 g/mol. The molecule has 2 heterocycles. The van der Waals surface area contributed by atoms with E-state index in [9.17, 15) is 0 Å². The molecule has 0 bridgehead atoms. The molecule has 0 saturated carbocycles. The largest absolute Gasteiger partial charge is 0.436 e. The van der Waals surface area contributed by atoms with E-state index in [0.717, 1.165) is 41.7 Å². The van der Waals surface area contributed by atoms with E-state index in [-0.39, 0.29) is 0 Å². The summed E-state index contributed by atoms with van der Waals surface area (Å²) in [6, 6.07) is 15.7. The number of hydrogen-bond acceptors (Lipinski definition) is 6. The Morgan fingerprint density at radius 3 is 2.43 bits per heavy atom. The second kappa shape index (κ2) is 9.48. The van der Waals surface area contributed by atoms with Crippen molar-refractivity contribution < 1.29 is 4.42 Å². The molecule has 0 unspecified atom stereocenters. The third-order valence-corrected chi connectivity index (χ3v) is 5.20. The van der Waals surface area contributed by atoms with Crippen LogP contribution in [-0.2, 0) is 0 Å². The highest BCUT2D eigenvalue weighted by molar-refractivity contribution is 5.81. The highest BCUT2D eigenvalue weighted by Crippen LogP contribution is 2.32. The van der Waals surface area contributed by atoms with Gasteiger partial charge in [-0.3, -0.25) is 0 Å². The van der Waals surface area contributed by atoms with Crippen molar-refractivity contribution in [3.05, 3.63) is 54.9 Å². The molecular weight excluding hydrogens is 374 g/mol. The Morgan fingerprint density at radius 2 is 1.63 bits per heavy atom. The molecule has 6 heteroatoms. The van der Waals surface area contributed by atoms with Gasteiger partial charge in [-0.25, -0.2) is 15.0 Å². The number of rotatable bonds is 9. The molecule has 4 aromatic rings. The van der Waals surface area contributed by atoms with Gasteiger partial charge in [-0.1, -0.05) is 56.5 Å². The van der Waals surface area contributed by atoms with Crippen LogP contribution >= 0.6 is 0 Å². The van der Waals surface area contributed by atoms with Gasteiger partial charge in [0.1, 0.15) is 11.8 Å². The van der Waals surface area contributed by atoms with Crippen LogP contribution in [0.3, 0.4) is 0 Å². The molecule has 0 fully saturated rings. The van der Waals surface area contributed by atoms with Gasteiger partial charge in [-0.05, 0) is 31.5 Å². The Morgan fingerprint density at radius 1 is 0.833 bits per heavy atom. The van der Waals surface area contributed by atoms with Crippen LogP contribution in [0, 0.1) is 0 Å². The van der Waals surface area contributed by atoms with Gasteiger partial charge in [0.15, 0.2) is 11.4 Å². The first kappa shape index (κ1) is 20.0. The Hall–Kier alpha value is -3.28. The quantitative estimate of drug-likeness (QED) is 0.333. The van der Waals surface area contributed by atoms with Gasteiger partial charge in [0, 0.05) is 24.2 Å². The van der Waals surface area contributed by atoms with Gasteiger partial charge < -0.3 is 9.32 Å². The average molecular weight is 402 g/mol. The molecule has 0 saturated heterocycles. The Balaban J connectivity index is 1.65. The molecule has 0 aliphatic carbocycles. The van der Waals surface area contributed by atoms with Crippen molar-refractivity contribution in [2.24, 2.45) is 0 Å². The molecule has 0 aliphatic heterocycles. The third kappa shape index (κ3) is 4.32. The fraction of sp³-hybridized carbons (Fsp3) is 0.333. The van der Waals surface area contributed by atoms with Crippen LogP contribution in [0.5, 0.6) is 0 Å². The predicted octanol–water partition coefficient (Wildman–Crippen LogP) is 5.75. The molecule has 0 spiro atoms. The van der Waals surface area contributed by atoms with Crippen LogP contribution in [0.25, 0.3) is 33.9 Å². The Labute approximate surface area is 177 Å². The van der Waals surface area contributed by atoms with Crippen LogP contribution in [0.4, 0.5) is 5.95 Å². The summed E-state index contributed by atoms with van der Waals surface area (Å²) < 4.78 is 6.00. The van der Waals surface area contributed by atoms with Gasteiger partial charge in [0.25, 0.3) is 0 Å². The van der Waals surface area contributed by atoms with Crippen molar-refractivity contribution >= 4 is 17.0 Å². The summed E-state index contributed by atoms with van der Waals surface area (Å²) >= 11 is 0. The average Bonchev–Trinajstić information content (AvgIpc) is 3.23. The smallest absolute Gasteiger partial charge is 0.228 e. The standard InChI is InChI=1S/C24H27N5O/c1-3-5-6-11-16-29(4-2)24-26-17-25-22(28-24)18-12-7-8-13-19(18)23-27-20-14-9-10-15-21(20)30-23/h7-10,12-15,17H,3-6,11,16H2,1-2H3. The summed E-state index contributed by atoms with van der Waals surface area (Å²) in [6.07, 6.45) is 6.45. The van der Waals surface area contributed by atoms with Crippen molar-refractivity contribution in [1.29, 1.82) is 0 Å². The van der Waals surface area contributed by atoms with E-state index in [1.165, 1.54) is 19.3 Å². The zero-order valence-electron chi connectivity index (χ0n) is 17.6. The number of hydrogen-bond donors (Lipinski definition) is 0. The minimum absolute atomic E-state index is 0.570. The fourth-order valence-corrected chi connectivity index (χ4v) is 3.55. The number of fused-ring (bicyclic) bond motifs is 1. The third-order valence-electron chi connectivity index (χ3n) is 5.20. The van der Waals surface area contributed by atoms with Gasteiger partial charge >= 0.3 is 0 Å². The first-order chi connectivity index (χ1) is 14.8. The molecule has 0 radical (unpaired) electrons. The van der Waals surface area contributed by atoms with Crippen LogP contribution in [-0.4, -0.2) is 33.0 Å². The van der Waals surface area contributed by atoms with Gasteiger partial charge in [0.05, 0.1) is 0 Å². The maximum absolute atomic E-state index is 6.00. The Kier molecular flexibility index (Phi) is 6.32. The predicted molar refractivity (Wildman–Crippen MR) is 120 cm³/mol. The van der Waals surface area contributed by atoms with Gasteiger partial charge in [-0.2, -0.15) is 4.98 Å². The van der Waals surface area contributed by atoms with Crippen molar-refractivity contribution in [3.63, 3.8) is 0 Å². The van der Waals surface area contributed by atoms with Gasteiger partial charge in [-0.15, -0.1) is 0 Å². The molecule has 30 heavy (non-hydrogen) atoms. The lowest BCUT2D eigenvalue weighted by molar-refractivity contribution is 0.620. The van der Waals surface area contributed by atoms with Crippen LogP contribution < -0.4 is 4.90 Å². The maximum Gasteiger partial charge on any atom is 0.228 e. The molecule has 2 aromatic carbocycles. The van der Waals surface area contributed by atoms with E-state index in [2.05, 4.69) is 33.7 Å². The van der Waals surface area contributed by atoms with Crippen molar-refractivity contribution in [2.45, 2.75) is 39.5 Å². The second-order valence-corrected chi connectivity index (χ2v) is 7.28. The lowest BCUT2D eigenvalue weighted by Crippen LogP contribution is -2.26. The van der Waals surface area contributed by atoms with E-state index in [1.807, 2.05) is 48.5 Å². The molecule has 0 N–H and O–H groups in total. The molecule has 6 nitrogen and oxygen atoms in total. The molecule has 4 rings (SSSR count). The minimum atomic E-state index is 0.570. The summed E-state index contributed by atoms with van der Waals surface area (Å²) in [5.41, 5.74) is 3.36. The molecule has 154 valence electrons. The highest BCUT2D eigenvalue weighted by Gasteiger charge is 2.16. The minimum Gasteiger partial charge on any atom is -0.436 e. The second-order valence-electron chi connectivity index (χ2n) is 7.28. The van der Waals surface area contributed by atoms with Crippen molar-refractivity contribution in [2.75, 3.05) is 18.0 Å². The fourth-order valence-electron chi connectivity index (χ4n) is 3.55. The first-order valence-corrected chi connectivity index (χ1v) is 10.7. The SMILES string of the molecule is CCCCCCN(CC)c1ncnc(-c2ccccc2-c2nc3ccccc3o2)n1. The maximum atomic E-state index is 6.00. The lowest BCUT2D eigenvalue weighted by Gasteiger charge is -2.20. The first-order valence-electron chi connectivity index (χ1n) is 10.7. The number of para-hydroxylation sites is 2. The number of aromatic nitrogens is 4. The normalized spacial score (nSPS) is 11.1. The van der Waals surface area contributed by atoms with E-state index >= 15 is 0 Å². The zero-order valence-corrected chi connectivity index (χ0v) is 17.6. The summed E-state index contributed by atoms with van der Waals surface area (Å²) in [5, 5.41) is 0. The van der Waals surface area contributed by atoms with Crippen molar-refractivity contribution in [1.82, 2.24) is 19.9 Å². The van der Waals surface area contributed by atoms with Crippen LogP contribution in [0.1, 0.15) is 39.5 Å². The number of nitrogens with zero attached hydrogens (tertiary/aromatic N) is 5. The summed E-state index contributed by atoms with van der Waals surface area (Å²) in [7, 11) is 0. The number of unbranched alkanes of at least 4 members (excludes halogenated alkanes) is 3. The highest BCUT2D eigenvalue weighted by atomic mass is 16.3. The summed E-state index contributed by atoms with van der Waals surface area (Å²) in [4.78, 5) is 20.5. The molecule has 0 aliphatic rings. The van der Waals surface area contributed by atoms with Crippen LogP contribution in [0.15, 0.2) is 59.3 Å². The summed E-state index contributed by atoms with van der Waals surface area (Å²) in [6.45, 7) is 6.18. The molecular formula is C24H27N5O. The number of benzene rings is 2. The number of oxazole rings is 1. The van der Waals surface area contributed by atoms with Crippen molar-refractivity contribution in [3.8, 4) is 22.8 Å². The zero-order chi connectivity index (χ0) is 20.8. The Bertz CT molecular complexity index is 1070. The van der Waals surface area contributed by atoms with E-state index in [1.54, 1.807) is 6.33 Å².